The molecule has 3 amide bonds. The van der Waals surface area contributed by atoms with Crippen LogP contribution in [0.15, 0.2) is 47.5 Å². The van der Waals surface area contributed by atoms with E-state index in [2.05, 4.69) is 69.5 Å². The number of aromatic amines is 1. The Morgan fingerprint density at radius 1 is 1.14 bits per heavy atom. The van der Waals surface area contributed by atoms with Gasteiger partial charge in [-0.05, 0) is 64.1 Å². The first kappa shape index (κ1) is 24.5. The second-order valence-electron chi connectivity index (χ2n) is 10.9. The van der Waals surface area contributed by atoms with Crippen molar-refractivity contribution in [2.24, 2.45) is 5.92 Å². The summed E-state index contributed by atoms with van der Waals surface area (Å²) in [5.74, 6) is 0.509. The molecule has 2 saturated carbocycles. The van der Waals surface area contributed by atoms with Crippen LogP contribution in [0.4, 0.5) is 10.6 Å². The number of benzene rings is 1. The lowest BCUT2D eigenvalue weighted by atomic mass is 9.68. The molecule has 2 heterocycles. The first-order valence-electron chi connectivity index (χ1n) is 13.0. The Morgan fingerprint density at radius 3 is 2.44 bits per heavy atom. The third-order valence-electron chi connectivity index (χ3n) is 8.67. The summed E-state index contributed by atoms with van der Waals surface area (Å²) >= 11 is 0. The Balaban J connectivity index is 1.34. The molecule has 1 aromatic carbocycles. The molecule has 0 atom stereocenters. The fourth-order valence-electron chi connectivity index (χ4n) is 6.28. The Bertz CT molecular complexity index is 1130. The molecule has 1 saturated heterocycles. The molecule has 2 aromatic rings. The maximum Gasteiger partial charge on any atom is 0.321 e. The summed E-state index contributed by atoms with van der Waals surface area (Å²) in [4.78, 5) is 50.2. The topological polar surface area (TPSA) is 102 Å². The van der Waals surface area contributed by atoms with Gasteiger partial charge in [-0.15, -0.1) is 0 Å². The van der Waals surface area contributed by atoms with Crippen molar-refractivity contribution in [2.45, 2.75) is 56.0 Å². The van der Waals surface area contributed by atoms with Gasteiger partial charge in [0.2, 0.25) is 5.91 Å². The molecule has 1 aromatic heterocycles. The number of urea groups is 1. The molecule has 0 unspecified atom stereocenters. The van der Waals surface area contributed by atoms with Gasteiger partial charge in [0.1, 0.15) is 12.4 Å². The van der Waals surface area contributed by atoms with Crippen LogP contribution in [-0.4, -0.2) is 75.9 Å². The first-order valence-corrected chi connectivity index (χ1v) is 13.0. The highest BCUT2D eigenvalue weighted by molar-refractivity contribution is 5.94. The predicted octanol–water partition coefficient (Wildman–Crippen LogP) is 3.02. The molecular weight excluding hydrogens is 456 g/mol. The van der Waals surface area contributed by atoms with Crippen molar-refractivity contribution in [1.82, 2.24) is 24.7 Å². The summed E-state index contributed by atoms with van der Waals surface area (Å²) < 4.78 is 0. The summed E-state index contributed by atoms with van der Waals surface area (Å²) in [7, 11) is 4.30. The zero-order valence-electron chi connectivity index (χ0n) is 21.2. The quantitative estimate of drug-likeness (QED) is 0.619. The van der Waals surface area contributed by atoms with Crippen molar-refractivity contribution in [3.05, 3.63) is 58.6 Å². The first-order chi connectivity index (χ1) is 17.3. The zero-order chi connectivity index (χ0) is 25.3. The summed E-state index contributed by atoms with van der Waals surface area (Å²) in [5.41, 5.74) is 0.679. The molecule has 9 nitrogen and oxygen atoms in total. The van der Waals surface area contributed by atoms with Gasteiger partial charge in [-0.2, -0.15) is 0 Å². The number of H-pyrrole nitrogens is 1. The molecule has 1 spiro atoms. The van der Waals surface area contributed by atoms with Crippen molar-refractivity contribution in [3.8, 4) is 0 Å². The average molecular weight is 493 g/mol. The lowest BCUT2D eigenvalue weighted by Gasteiger charge is -2.51. The van der Waals surface area contributed by atoms with Crippen LogP contribution in [-0.2, 0) is 10.3 Å². The Morgan fingerprint density at radius 2 is 1.86 bits per heavy atom. The van der Waals surface area contributed by atoms with Gasteiger partial charge in [0, 0.05) is 24.8 Å². The minimum absolute atomic E-state index is 0.0277. The van der Waals surface area contributed by atoms with E-state index in [9.17, 15) is 14.4 Å². The van der Waals surface area contributed by atoms with Gasteiger partial charge in [0.25, 0.3) is 5.56 Å². The number of hydrogen-bond acceptors (Lipinski definition) is 5. The predicted molar refractivity (Wildman–Crippen MR) is 138 cm³/mol. The van der Waals surface area contributed by atoms with Crippen LogP contribution in [0.5, 0.6) is 0 Å². The third kappa shape index (κ3) is 4.52. The van der Waals surface area contributed by atoms with E-state index in [-0.39, 0.29) is 40.9 Å². The molecule has 3 aliphatic rings. The minimum atomic E-state index is -0.335. The highest BCUT2D eigenvalue weighted by Gasteiger charge is 2.55. The molecular formula is C27H36N6O3. The number of aromatic nitrogens is 2. The molecule has 3 fully saturated rings. The van der Waals surface area contributed by atoms with Gasteiger partial charge in [0.15, 0.2) is 0 Å². The van der Waals surface area contributed by atoms with E-state index in [0.717, 1.165) is 38.4 Å². The molecule has 0 bridgehead atoms. The number of rotatable bonds is 7. The molecule has 9 heteroatoms. The Labute approximate surface area is 211 Å². The molecule has 0 radical (unpaired) electrons. The molecule has 36 heavy (non-hydrogen) atoms. The molecule has 192 valence electrons. The van der Waals surface area contributed by atoms with E-state index in [4.69, 9.17) is 0 Å². The van der Waals surface area contributed by atoms with E-state index in [1.807, 2.05) is 0 Å². The number of nitrogens with zero attached hydrogens (tertiary/aromatic N) is 4. The van der Waals surface area contributed by atoms with Crippen LogP contribution in [0.2, 0.25) is 0 Å². The third-order valence-corrected chi connectivity index (χ3v) is 8.67. The Hall–Kier alpha value is -3.20. The number of hydrogen-bond donors (Lipinski definition) is 2. The van der Waals surface area contributed by atoms with Gasteiger partial charge in [-0.3, -0.25) is 14.5 Å². The van der Waals surface area contributed by atoms with Gasteiger partial charge >= 0.3 is 6.03 Å². The second-order valence-corrected chi connectivity index (χ2v) is 10.9. The molecule has 2 aliphatic carbocycles. The van der Waals surface area contributed by atoms with E-state index in [0.29, 0.717) is 12.5 Å². The van der Waals surface area contributed by atoms with Gasteiger partial charge in [-0.25, -0.2) is 9.78 Å². The second kappa shape index (κ2) is 9.69. The van der Waals surface area contributed by atoms with Crippen LogP contribution in [0, 0.1) is 5.92 Å². The van der Waals surface area contributed by atoms with E-state index in [1.165, 1.54) is 31.0 Å². The zero-order valence-corrected chi connectivity index (χ0v) is 21.2. The fourth-order valence-corrected chi connectivity index (χ4v) is 6.28. The number of anilines is 1. The van der Waals surface area contributed by atoms with Crippen molar-refractivity contribution in [3.63, 3.8) is 0 Å². The van der Waals surface area contributed by atoms with Crippen molar-refractivity contribution in [1.29, 1.82) is 0 Å². The summed E-state index contributed by atoms with van der Waals surface area (Å²) in [6.07, 6.45) is 9.78. The SMILES string of the molecule is CN(C)C1(c2ccccc2)CCC2(CC1)CN(CC(=O)Nc1c[nH]c(=O)cn1)C(=O)N2CC1CCC1. The highest BCUT2D eigenvalue weighted by Crippen LogP contribution is 2.49. The van der Waals surface area contributed by atoms with E-state index in [1.54, 1.807) is 4.90 Å². The number of amides is 3. The fraction of sp³-hybridized carbons (Fsp3) is 0.556. The van der Waals surface area contributed by atoms with Gasteiger partial charge in [-0.1, -0.05) is 36.8 Å². The van der Waals surface area contributed by atoms with Crippen LogP contribution in [0.1, 0.15) is 50.5 Å². The molecule has 5 rings (SSSR count). The van der Waals surface area contributed by atoms with Gasteiger partial charge in [0.05, 0.1) is 11.7 Å². The number of nitrogens with one attached hydrogen (secondary N) is 2. The smallest absolute Gasteiger partial charge is 0.321 e. The summed E-state index contributed by atoms with van der Waals surface area (Å²) in [6.45, 7) is 1.31. The molecule has 2 N–H and O–H groups in total. The van der Waals surface area contributed by atoms with Crippen molar-refractivity contribution in [2.75, 3.05) is 39.0 Å². The standard InChI is InChI=1S/C27H36N6O3/c1-31(2)27(21-9-4-3-5-10-21)13-11-26(12-14-27)19-32(25(36)33(26)17-20-7-6-8-20)18-24(35)30-22-15-29-23(34)16-28-22/h3-5,9-10,15-16,20H,6-8,11-14,17-19H2,1-2H3,(H,29,34)(H,28,30,35). The van der Waals surface area contributed by atoms with E-state index < -0.39 is 0 Å². The monoisotopic (exact) mass is 492 g/mol. The summed E-state index contributed by atoms with van der Waals surface area (Å²) in [5, 5.41) is 2.70. The van der Waals surface area contributed by atoms with Crippen molar-refractivity contribution < 1.29 is 9.59 Å². The summed E-state index contributed by atoms with van der Waals surface area (Å²) in [6, 6.07) is 10.6. The normalized spacial score (nSPS) is 26.5. The molecule has 1 aliphatic heterocycles. The minimum Gasteiger partial charge on any atom is -0.324 e. The van der Waals surface area contributed by atoms with Crippen LogP contribution in [0.25, 0.3) is 0 Å². The van der Waals surface area contributed by atoms with Crippen LogP contribution < -0.4 is 10.9 Å². The maximum atomic E-state index is 13.7. The van der Waals surface area contributed by atoms with Gasteiger partial charge < -0.3 is 20.1 Å². The van der Waals surface area contributed by atoms with Crippen LogP contribution >= 0.6 is 0 Å². The highest BCUT2D eigenvalue weighted by atomic mass is 16.2. The van der Waals surface area contributed by atoms with Crippen molar-refractivity contribution >= 4 is 17.8 Å². The average Bonchev–Trinajstić information content (AvgIpc) is 3.08. The Kier molecular flexibility index (Phi) is 6.59. The van der Waals surface area contributed by atoms with E-state index >= 15 is 0 Å². The number of carbonyl (C=O) groups excluding carboxylic acids is 2. The largest absolute Gasteiger partial charge is 0.324 e. The van der Waals surface area contributed by atoms with Crippen LogP contribution in [0.3, 0.4) is 0 Å². The lowest BCUT2D eigenvalue weighted by molar-refractivity contribution is -0.116. The lowest BCUT2D eigenvalue weighted by Crippen LogP contribution is -2.56. The number of carbonyl (C=O) groups is 2. The maximum absolute atomic E-state index is 13.7.